The lowest BCUT2D eigenvalue weighted by molar-refractivity contribution is -0.143. The number of ketones is 1. The third kappa shape index (κ3) is 7.83. The normalized spacial score (nSPS) is 12.2. The van der Waals surface area contributed by atoms with Crippen LogP contribution in [0.2, 0.25) is 0 Å². The summed E-state index contributed by atoms with van der Waals surface area (Å²) in [5.74, 6) is 2.07. The van der Waals surface area contributed by atoms with E-state index in [0.29, 0.717) is 12.3 Å². The van der Waals surface area contributed by atoms with Gasteiger partial charge < -0.3 is 10.5 Å². The maximum atomic E-state index is 13.9. The molecule has 0 aliphatic rings. The smallest absolute Gasteiger partial charge is 0.409 e. The van der Waals surface area contributed by atoms with Gasteiger partial charge in [-0.1, -0.05) is 5.92 Å². The molecule has 0 spiro atoms. The number of carbonyl (C=O) groups is 2. The summed E-state index contributed by atoms with van der Waals surface area (Å²) in [6.45, 7) is 0.844. The van der Waals surface area contributed by atoms with Gasteiger partial charge in [0.05, 0.1) is 11.1 Å². The van der Waals surface area contributed by atoms with Crippen molar-refractivity contribution in [2.24, 2.45) is 10.7 Å². The predicted octanol–water partition coefficient (Wildman–Crippen LogP) is 5.46. The molecular weight excluding hydrogens is 511 g/mol. The van der Waals surface area contributed by atoms with Crippen LogP contribution in [-0.4, -0.2) is 31.7 Å². The van der Waals surface area contributed by atoms with Gasteiger partial charge in [0, 0.05) is 43.2 Å². The molecule has 0 fully saturated rings. The highest BCUT2D eigenvalue weighted by atomic mass is 19.4. The van der Waals surface area contributed by atoms with Crippen molar-refractivity contribution >= 4 is 29.4 Å². The van der Waals surface area contributed by atoms with Crippen molar-refractivity contribution < 1.29 is 45.1 Å². The third-order valence-corrected chi connectivity index (χ3v) is 4.55. The Morgan fingerprint density at radius 1 is 1.08 bits per heavy atom. The molecule has 13 heteroatoms. The minimum absolute atomic E-state index is 0.0219. The number of hydrogen-bond acceptors (Lipinski definition) is 5. The van der Waals surface area contributed by atoms with Crippen molar-refractivity contribution in [2.45, 2.75) is 19.3 Å². The van der Waals surface area contributed by atoms with Gasteiger partial charge in [-0.2, -0.15) is 26.3 Å². The van der Waals surface area contributed by atoms with Crippen LogP contribution in [0, 0.1) is 17.7 Å². The Hall–Kier alpha value is -4.34. The monoisotopic (exact) mass is 529 g/mol. The summed E-state index contributed by atoms with van der Waals surface area (Å²) < 4.78 is 100. The molecule has 0 atom stereocenters. The first-order chi connectivity index (χ1) is 17.1. The predicted molar refractivity (Wildman–Crippen MR) is 121 cm³/mol. The number of alkyl halides is 6. The minimum atomic E-state index is -5.39. The van der Waals surface area contributed by atoms with Gasteiger partial charge in [0.15, 0.2) is 5.75 Å². The lowest BCUT2D eigenvalue weighted by atomic mass is 9.98. The van der Waals surface area contributed by atoms with Gasteiger partial charge in [-0.25, -0.2) is 9.18 Å². The molecule has 1 amide bonds. The average molecular weight is 529 g/mol. The molecule has 0 aliphatic heterocycles. The number of Topliss-reactive ketones (excluding diaryl/α,β-unsaturated/α-hetero) is 1. The first-order valence-electron chi connectivity index (χ1n) is 10.1. The van der Waals surface area contributed by atoms with Gasteiger partial charge in [-0.3, -0.25) is 14.7 Å². The number of allylic oxidation sites excluding steroid dienone is 1. The van der Waals surface area contributed by atoms with Crippen molar-refractivity contribution in [3.8, 4) is 17.6 Å². The molecule has 2 rings (SSSR count). The highest BCUT2D eigenvalue weighted by Gasteiger charge is 2.41. The second-order valence-electron chi connectivity index (χ2n) is 7.25. The number of benzene rings is 2. The van der Waals surface area contributed by atoms with Crippen LogP contribution in [-0.2, 0) is 17.1 Å². The second kappa shape index (κ2) is 11.6. The summed E-state index contributed by atoms with van der Waals surface area (Å²) in [5.41, 5.74) is 0.587. The lowest BCUT2D eigenvalue weighted by Crippen LogP contribution is -2.30. The quantitative estimate of drug-likeness (QED) is 0.241. The number of hydrogen-bond donors (Lipinski definition) is 1. The molecule has 0 aliphatic carbocycles. The molecule has 196 valence electrons. The van der Waals surface area contributed by atoms with E-state index in [1.165, 1.54) is 6.92 Å². The lowest BCUT2D eigenvalue weighted by Gasteiger charge is -2.22. The summed E-state index contributed by atoms with van der Waals surface area (Å²) in [4.78, 5) is 28.0. The highest BCUT2D eigenvalue weighted by molar-refractivity contribution is 6.11. The van der Waals surface area contributed by atoms with E-state index in [-0.39, 0.29) is 18.3 Å². The number of rotatable bonds is 5. The Bertz CT molecular complexity index is 1290. The van der Waals surface area contributed by atoms with E-state index in [2.05, 4.69) is 16.8 Å². The molecule has 0 radical (unpaired) electrons. The second-order valence-corrected chi connectivity index (χ2v) is 7.25. The summed E-state index contributed by atoms with van der Waals surface area (Å²) in [5, 5.41) is 0. The molecule has 0 saturated carbocycles. The Labute approximate surface area is 206 Å². The van der Waals surface area contributed by atoms with Crippen LogP contribution in [0.3, 0.4) is 0 Å². The molecule has 2 N–H and O–H groups in total. The van der Waals surface area contributed by atoms with Crippen LogP contribution in [0.15, 0.2) is 47.6 Å². The number of amides is 1. The number of carbonyl (C=O) groups excluding carboxylic acids is 2. The molecule has 0 saturated heterocycles. The van der Waals surface area contributed by atoms with E-state index in [1.807, 2.05) is 0 Å². The number of anilines is 1. The molecule has 6 nitrogen and oxygen atoms in total. The van der Waals surface area contributed by atoms with E-state index in [1.54, 1.807) is 0 Å². The van der Waals surface area contributed by atoms with E-state index < -0.39 is 58.1 Å². The van der Waals surface area contributed by atoms with Crippen LogP contribution in [0.5, 0.6) is 5.75 Å². The Balaban J connectivity index is 2.66. The van der Waals surface area contributed by atoms with Crippen LogP contribution < -0.4 is 15.4 Å². The van der Waals surface area contributed by atoms with Gasteiger partial charge in [0.2, 0.25) is 5.78 Å². The molecule has 0 heterocycles. The largest absolute Gasteiger partial charge is 0.420 e. The zero-order chi connectivity index (χ0) is 28.0. The zero-order valence-corrected chi connectivity index (χ0v) is 19.2. The summed E-state index contributed by atoms with van der Waals surface area (Å²) in [6.07, 6.45) is -10.5. The SMILES string of the molecule is CC(=O)C#CCN=C/C(=C\N)c1cc(C(F)(F)F)cc(C(F)(F)F)c1OC(=O)N(C)c1ccc(F)cc1. The van der Waals surface area contributed by atoms with Crippen molar-refractivity contribution in [3.63, 3.8) is 0 Å². The number of ether oxygens (including phenoxy) is 1. The molecule has 0 bridgehead atoms. The van der Waals surface area contributed by atoms with E-state index >= 15 is 0 Å². The fourth-order valence-electron chi connectivity index (χ4n) is 2.81. The van der Waals surface area contributed by atoms with E-state index in [4.69, 9.17) is 10.5 Å². The Morgan fingerprint density at radius 2 is 1.70 bits per heavy atom. The van der Waals surface area contributed by atoms with Gasteiger partial charge >= 0.3 is 18.4 Å². The van der Waals surface area contributed by atoms with Crippen LogP contribution in [0.4, 0.5) is 41.2 Å². The van der Waals surface area contributed by atoms with E-state index in [0.717, 1.165) is 42.4 Å². The fraction of sp³-hybridized carbons (Fsp3) is 0.208. The van der Waals surface area contributed by atoms with Crippen molar-refractivity contribution in [2.75, 3.05) is 18.5 Å². The fourth-order valence-corrected chi connectivity index (χ4v) is 2.81. The van der Waals surface area contributed by atoms with Gasteiger partial charge in [0.25, 0.3) is 0 Å². The molecule has 2 aromatic rings. The molecule has 0 unspecified atom stereocenters. The summed E-state index contributed by atoms with van der Waals surface area (Å²) >= 11 is 0. The summed E-state index contributed by atoms with van der Waals surface area (Å²) in [7, 11) is 1.10. The number of halogens is 7. The van der Waals surface area contributed by atoms with Crippen LogP contribution >= 0.6 is 0 Å². The highest BCUT2D eigenvalue weighted by Crippen LogP contribution is 2.44. The first kappa shape index (κ1) is 28.9. The van der Waals surface area contributed by atoms with Crippen LogP contribution in [0.1, 0.15) is 23.6 Å². The van der Waals surface area contributed by atoms with Crippen molar-refractivity contribution in [1.29, 1.82) is 0 Å². The number of nitrogens with two attached hydrogens (primary N) is 1. The van der Waals surface area contributed by atoms with Gasteiger partial charge in [-0.05, 0) is 42.3 Å². The van der Waals surface area contributed by atoms with Gasteiger partial charge in [-0.15, -0.1) is 0 Å². The minimum Gasteiger partial charge on any atom is -0.409 e. The van der Waals surface area contributed by atoms with E-state index in [9.17, 15) is 40.3 Å². The molecule has 0 aromatic heterocycles. The number of aliphatic imine (C=N–C) groups is 1. The molecular formula is C24H18F7N3O3. The topological polar surface area (TPSA) is 85.0 Å². The molecule has 2 aromatic carbocycles. The average Bonchev–Trinajstić information content (AvgIpc) is 2.80. The van der Waals surface area contributed by atoms with Crippen LogP contribution in [0.25, 0.3) is 5.57 Å². The molecule has 37 heavy (non-hydrogen) atoms. The van der Waals surface area contributed by atoms with Gasteiger partial charge in [0.1, 0.15) is 12.4 Å². The Morgan fingerprint density at radius 3 is 2.22 bits per heavy atom. The Kier molecular flexibility index (Phi) is 9.06. The van der Waals surface area contributed by atoms with Crippen molar-refractivity contribution in [1.82, 2.24) is 0 Å². The first-order valence-corrected chi connectivity index (χ1v) is 10.1. The number of nitrogens with zero attached hydrogens (tertiary/aromatic N) is 2. The zero-order valence-electron chi connectivity index (χ0n) is 19.2. The maximum absolute atomic E-state index is 13.9. The summed E-state index contributed by atoms with van der Waals surface area (Å²) in [6, 6.07) is 4.34. The third-order valence-electron chi connectivity index (χ3n) is 4.55. The standard InChI is InChI=1S/C24H18F7N3O3/c1-14(35)4-3-9-33-13-15(12-32)19-10-16(23(26,27)28)11-20(24(29,30)31)21(19)37-22(36)34(2)18-7-5-17(25)6-8-18/h5-8,10-13H,9,32H2,1-2H3/b15-12+,33-13?. The maximum Gasteiger partial charge on any atom is 0.420 e. The van der Waals surface area contributed by atoms with Crippen molar-refractivity contribution in [3.05, 3.63) is 65.1 Å².